The third-order valence-corrected chi connectivity index (χ3v) is 6.89. The number of benzene rings is 2. The van der Waals surface area contributed by atoms with Crippen LogP contribution < -0.4 is 5.32 Å². The highest BCUT2D eigenvalue weighted by Crippen LogP contribution is 2.44. The number of rotatable bonds is 7. The van der Waals surface area contributed by atoms with E-state index in [1.807, 2.05) is 24.3 Å². The van der Waals surface area contributed by atoms with Gasteiger partial charge >= 0.3 is 12.1 Å². The summed E-state index contributed by atoms with van der Waals surface area (Å²) in [6.07, 6.45) is 0.0134. The van der Waals surface area contributed by atoms with Crippen molar-refractivity contribution in [1.29, 1.82) is 0 Å². The first-order valence-corrected chi connectivity index (χ1v) is 11.5. The first kappa shape index (κ1) is 23.8. The van der Waals surface area contributed by atoms with Gasteiger partial charge in [-0.25, -0.2) is 9.59 Å². The topological polar surface area (TPSA) is 105 Å². The maximum Gasteiger partial charge on any atom is 0.407 e. The molecule has 1 heterocycles. The Morgan fingerprint density at radius 3 is 2.15 bits per heavy atom. The zero-order chi connectivity index (χ0) is 24.3. The van der Waals surface area contributed by atoms with Crippen LogP contribution in [-0.4, -0.2) is 66.4 Å². The van der Waals surface area contributed by atoms with Crippen molar-refractivity contribution in [2.24, 2.45) is 0 Å². The number of amides is 2. The fourth-order valence-corrected chi connectivity index (χ4v) is 4.91. The van der Waals surface area contributed by atoms with Crippen molar-refractivity contribution in [3.63, 3.8) is 0 Å². The number of alkyl carbamates (subject to hydrolysis) is 1. The van der Waals surface area contributed by atoms with Crippen LogP contribution in [-0.2, 0) is 19.1 Å². The highest BCUT2D eigenvalue weighted by molar-refractivity contribution is 5.81. The molecule has 4 rings (SSSR count). The Morgan fingerprint density at radius 1 is 1.06 bits per heavy atom. The number of nitrogens with zero attached hydrogens (tertiary/aromatic N) is 1. The molecular formula is C26H30N2O6. The summed E-state index contributed by atoms with van der Waals surface area (Å²) in [5.74, 6) is -1.17. The lowest BCUT2D eigenvalue weighted by atomic mass is 9.91. The minimum absolute atomic E-state index is 0.0290. The summed E-state index contributed by atoms with van der Waals surface area (Å²) >= 11 is 0. The fraction of sp³-hybridized carbons (Fsp3) is 0.423. The van der Waals surface area contributed by atoms with E-state index in [0.29, 0.717) is 13.1 Å². The SMILES string of the molecule is COC1(C(=O)O)CCN(C(=O)C[C@H](C)NC(=O)OCC2c3ccccc3-c3ccccc32)CC1. The predicted molar refractivity (Wildman–Crippen MR) is 125 cm³/mol. The number of hydrogen-bond donors (Lipinski definition) is 2. The zero-order valence-electron chi connectivity index (χ0n) is 19.5. The number of methoxy groups -OCH3 is 1. The molecule has 0 saturated carbocycles. The predicted octanol–water partition coefficient (Wildman–Crippen LogP) is 3.40. The van der Waals surface area contributed by atoms with Gasteiger partial charge in [-0.15, -0.1) is 0 Å². The van der Waals surface area contributed by atoms with Crippen molar-refractivity contribution >= 4 is 18.0 Å². The highest BCUT2D eigenvalue weighted by atomic mass is 16.5. The van der Waals surface area contributed by atoms with Crippen LogP contribution in [0.2, 0.25) is 0 Å². The minimum Gasteiger partial charge on any atom is -0.479 e. The van der Waals surface area contributed by atoms with Crippen LogP contribution in [0.1, 0.15) is 43.2 Å². The molecule has 1 fully saturated rings. The molecular weight excluding hydrogens is 436 g/mol. The number of carbonyl (C=O) groups excluding carboxylic acids is 2. The van der Waals surface area contributed by atoms with Crippen LogP contribution in [0.25, 0.3) is 11.1 Å². The summed E-state index contributed by atoms with van der Waals surface area (Å²) in [7, 11) is 1.38. The number of carbonyl (C=O) groups is 3. The third-order valence-electron chi connectivity index (χ3n) is 6.89. The monoisotopic (exact) mass is 466 g/mol. The second kappa shape index (κ2) is 9.85. The summed E-state index contributed by atoms with van der Waals surface area (Å²) in [6.45, 7) is 2.56. The lowest BCUT2D eigenvalue weighted by Gasteiger charge is -2.38. The van der Waals surface area contributed by atoms with Gasteiger partial charge in [0.2, 0.25) is 5.91 Å². The quantitative estimate of drug-likeness (QED) is 0.648. The molecule has 2 aliphatic rings. The second-order valence-corrected chi connectivity index (χ2v) is 8.96. The van der Waals surface area contributed by atoms with Gasteiger partial charge in [0.05, 0.1) is 0 Å². The lowest BCUT2D eigenvalue weighted by molar-refractivity contribution is -0.170. The third kappa shape index (κ3) is 4.63. The Hall–Kier alpha value is -3.39. The molecule has 8 nitrogen and oxygen atoms in total. The molecule has 0 radical (unpaired) electrons. The van der Waals surface area contributed by atoms with Crippen LogP contribution in [0.3, 0.4) is 0 Å². The van der Waals surface area contributed by atoms with Crippen LogP contribution in [0.4, 0.5) is 4.79 Å². The average molecular weight is 467 g/mol. The van der Waals surface area contributed by atoms with Crippen molar-refractivity contribution in [3.8, 4) is 11.1 Å². The van der Waals surface area contributed by atoms with Crippen LogP contribution >= 0.6 is 0 Å². The number of hydrogen-bond acceptors (Lipinski definition) is 5. The smallest absolute Gasteiger partial charge is 0.407 e. The van der Waals surface area contributed by atoms with Gasteiger partial charge in [-0.3, -0.25) is 4.79 Å². The molecule has 0 aromatic heterocycles. The molecule has 8 heteroatoms. The molecule has 2 aromatic rings. The minimum atomic E-state index is -1.23. The van der Waals surface area contributed by atoms with Gasteiger partial charge < -0.3 is 24.8 Å². The number of aliphatic carboxylic acids is 1. The second-order valence-electron chi connectivity index (χ2n) is 8.96. The van der Waals surface area contributed by atoms with Crippen LogP contribution in [0, 0.1) is 0 Å². The molecule has 2 N–H and O–H groups in total. The van der Waals surface area contributed by atoms with Crippen molar-refractivity contribution < 1.29 is 29.0 Å². The van der Waals surface area contributed by atoms with Gasteiger partial charge in [-0.2, -0.15) is 0 Å². The summed E-state index contributed by atoms with van der Waals surface area (Å²) in [4.78, 5) is 38.2. The van der Waals surface area contributed by atoms with E-state index in [1.165, 1.54) is 7.11 Å². The Balaban J connectivity index is 1.27. The molecule has 34 heavy (non-hydrogen) atoms. The number of fused-ring (bicyclic) bond motifs is 3. The van der Waals surface area contributed by atoms with Crippen LogP contribution in [0.5, 0.6) is 0 Å². The van der Waals surface area contributed by atoms with Crippen molar-refractivity contribution in [3.05, 3.63) is 59.7 Å². The summed E-state index contributed by atoms with van der Waals surface area (Å²) in [5.41, 5.74) is 3.36. The maximum atomic E-state index is 12.6. The van der Waals surface area contributed by atoms with Crippen molar-refractivity contribution in [1.82, 2.24) is 10.2 Å². The fourth-order valence-electron chi connectivity index (χ4n) is 4.91. The van der Waals surface area contributed by atoms with Gasteiger partial charge in [0.25, 0.3) is 0 Å². The number of ether oxygens (including phenoxy) is 2. The molecule has 2 aromatic carbocycles. The molecule has 2 amide bonds. The standard InChI is InChI=1S/C26H30N2O6/c1-17(15-23(29)28-13-11-26(33-2,12-14-28)24(30)31)27-25(32)34-16-22-20-9-5-3-7-18(20)19-8-4-6-10-21(19)22/h3-10,17,22H,11-16H2,1-2H3,(H,27,32)(H,30,31)/t17-/m0/s1. The Bertz CT molecular complexity index is 1030. The molecule has 0 bridgehead atoms. The van der Waals surface area contributed by atoms with E-state index in [-0.39, 0.29) is 37.7 Å². The van der Waals surface area contributed by atoms with E-state index in [1.54, 1.807) is 11.8 Å². The number of carboxylic acids is 1. The molecule has 180 valence electrons. The summed E-state index contributed by atoms with van der Waals surface area (Å²) < 4.78 is 10.8. The molecule has 1 aliphatic heterocycles. The van der Waals surface area contributed by atoms with E-state index in [4.69, 9.17) is 9.47 Å². The van der Waals surface area contributed by atoms with Gasteiger partial charge in [0, 0.05) is 51.4 Å². The summed E-state index contributed by atoms with van der Waals surface area (Å²) in [5, 5.41) is 12.1. The van der Waals surface area contributed by atoms with Gasteiger partial charge in [-0.1, -0.05) is 48.5 Å². The Morgan fingerprint density at radius 2 is 1.62 bits per heavy atom. The van der Waals surface area contributed by atoms with Crippen LogP contribution in [0.15, 0.2) is 48.5 Å². The normalized spacial score (nSPS) is 17.4. The van der Waals surface area contributed by atoms with Crippen molar-refractivity contribution in [2.75, 3.05) is 26.8 Å². The first-order chi connectivity index (χ1) is 16.3. The van der Waals surface area contributed by atoms with E-state index < -0.39 is 23.7 Å². The molecule has 0 unspecified atom stereocenters. The molecule has 1 aliphatic carbocycles. The van der Waals surface area contributed by atoms with E-state index in [0.717, 1.165) is 22.3 Å². The van der Waals surface area contributed by atoms with E-state index in [2.05, 4.69) is 29.6 Å². The number of carboxylic acid groups (broad SMARTS) is 1. The van der Waals surface area contributed by atoms with Gasteiger partial charge in [-0.05, 0) is 29.2 Å². The number of piperidine rings is 1. The number of likely N-dealkylation sites (tertiary alicyclic amines) is 1. The van der Waals surface area contributed by atoms with E-state index in [9.17, 15) is 19.5 Å². The lowest BCUT2D eigenvalue weighted by Crippen LogP contribution is -2.52. The zero-order valence-corrected chi connectivity index (χ0v) is 19.5. The summed E-state index contributed by atoms with van der Waals surface area (Å²) in [6, 6.07) is 15.8. The maximum absolute atomic E-state index is 12.6. The van der Waals surface area contributed by atoms with Crippen molar-refractivity contribution in [2.45, 2.75) is 43.7 Å². The molecule has 1 atom stereocenters. The highest BCUT2D eigenvalue weighted by Gasteiger charge is 2.42. The van der Waals surface area contributed by atoms with Gasteiger partial charge in [0.15, 0.2) is 5.60 Å². The first-order valence-electron chi connectivity index (χ1n) is 11.5. The van der Waals surface area contributed by atoms with Gasteiger partial charge in [0.1, 0.15) is 6.61 Å². The largest absolute Gasteiger partial charge is 0.479 e. The molecule has 0 spiro atoms. The van der Waals surface area contributed by atoms with E-state index >= 15 is 0 Å². The number of nitrogens with one attached hydrogen (secondary N) is 1. The Labute approximate surface area is 198 Å². The average Bonchev–Trinajstić information content (AvgIpc) is 3.16. The molecule has 1 saturated heterocycles. The Kier molecular flexibility index (Phi) is 6.88.